The highest BCUT2D eigenvalue weighted by atomic mass is 19.1. The highest BCUT2D eigenvalue weighted by molar-refractivity contribution is 6.03. The van der Waals surface area contributed by atoms with Crippen LogP contribution in [0.4, 0.5) is 10.2 Å². The molecule has 35 heavy (non-hydrogen) atoms. The van der Waals surface area contributed by atoms with Gasteiger partial charge in [-0.2, -0.15) is 10.4 Å². The van der Waals surface area contributed by atoms with Gasteiger partial charge in [0.25, 0.3) is 0 Å². The lowest BCUT2D eigenvalue weighted by Gasteiger charge is -2.21. The number of nitrogens with zero attached hydrogens (tertiary/aromatic N) is 5. The number of allylic oxidation sites excluding steroid dienone is 1. The lowest BCUT2D eigenvalue weighted by atomic mass is 10.1. The average Bonchev–Trinajstić information content (AvgIpc) is 3.51. The minimum atomic E-state index is -0.296. The Labute approximate surface area is 203 Å². The topological polar surface area (TPSA) is 114 Å². The quantitative estimate of drug-likeness (QED) is 0.584. The lowest BCUT2D eigenvalue weighted by Crippen LogP contribution is -2.35. The van der Waals surface area contributed by atoms with E-state index in [9.17, 15) is 4.39 Å². The summed E-state index contributed by atoms with van der Waals surface area (Å²) in [6, 6.07) is 8.18. The molecular weight excluding hydrogens is 447 g/mol. The molecule has 0 saturated heterocycles. The number of nitrogens with one attached hydrogen (secondary N) is 3. The summed E-state index contributed by atoms with van der Waals surface area (Å²) in [7, 11) is 0. The van der Waals surface area contributed by atoms with E-state index in [1.165, 1.54) is 25.0 Å². The summed E-state index contributed by atoms with van der Waals surface area (Å²) in [6.07, 6.45) is 6.27. The molecule has 1 aliphatic carbocycles. The van der Waals surface area contributed by atoms with Crippen LogP contribution in [0.2, 0.25) is 0 Å². The van der Waals surface area contributed by atoms with Gasteiger partial charge in [-0.05, 0) is 56.9 Å². The van der Waals surface area contributed by atoms with Crippen LogP contribution in [-0.4, -0.2) is 39.5 Å². The molecule has 1 aromatic heterocycles. The second-order valence-electron chi connectivity index (χ2n) is 8.95. The van der Waals surface area contributed by atoms with Crippen molar-refractivity contribution in [3.8, 4) is 17.3 Å². The number of anilines is 1. The molecule has 2 aromatic rings. The fraction of sp³-hybridized carbons (Fsp3) is 0.360. The van der Waals surface area contributed by atoms with E-state index in [1.807, 2.05) is 24.6 Å². The van der Waals surface area contributed by atoms with Gasteiger partial charge in [-0.3, -0.25) is 10.4 Å². The molecule has 0 radical (unpaired) electrons. The zero-order valence-electron chi connectivity index (χ0n) is 19.7. The Kier molecular flexibility index (Phi) is 6.09. The van der Waals surface area contributed by atoms with Crippen LogP contribution in [0.5, 0.6) is 0 Å². The predicted molar refractivity (Wildman–Crippen MR) is 131 cm³/mol. The minimum Gasteiger partial charge on any atom is -0.479 e. The normalized spacial score (nSPS) is 22.3. The Morgan fingerprint density at radius 2 is 2.06 bits per heavy atom. The zero-order chi connectivity index (χ0) is 24.5. The summed E-state index contributed by atoms with van der Waals surface area (Å²) in [5.74, 6) is 2.41. The highest BCUT2D eigenvalue weighted by Crippen LogP contribution is 2.36. The summed E-state index contributed by atoms with van der Waals surface area (Å²) >= 11 is 0. The number of rotatable bonds is 6. The molecule has 3 N–H and O–H groups in total. The molecule has 1 fully saturated rings. The first-order valence-electron chi connectivity index (χ1n) is 11.7. The third-order valence-corrected chi connectivity index (χ3v) is 6.27. The van der Waals surface area contributed by atoms with Crippen molar-refractivity contribution >= 4 is 17.9 Å². The molecule has 3 aliphatic rings. The van der Waals surface area contributed by atoms with E-state index in [4.69, 9.17) is 20.5 Å². The number of halogens is 1. The summed E-state index contributed by atoms with van der Waals surface area (Å²) < 4.78 is 21.1. The maximum Gasteiger partial charge on any atom is 0.174 e. The maximum absolute atomic E-state index is 13.6. The lowest BCUT2D eigenvalue weighted by molar-refractivity contribution is 0.227. The van der Waals surface area contributed by atoms with Gasteiger partial charge in [-0.25, -0.2) is 19.5 Å². The summed E-state index contributed by atoms with van der Waals surface area (Å²) in [5.41, 5.74) is 6.56. The Morgan fingerprint density at radius 3 is 2.77 bits per heavy atom. The number of nitriles is 1. The number of hydrogen-bond acceptors (Lipinski definition) is 7. The number of aromatic nitrogens is 2. The van der Waals surface area contributed by atoms with E-state index in [1.54, 1.807) is 29.4 Å². The van der Waals surface area contributed by atoms with E-state index >= 15 is 0 Å². The number of ether oxygens (including phenoxy) is 1. The van der Waals surface area contributed by atoms with Crippen molar-refractivity contribution in [1.29, 1.82) is 10.7 Å². The number of amidine groups is 1. The molecule has 180 valence electrons. The summed E-state index contributed by atoms with van der Waals surface area (Å²) in [6.45, 7) is 4.56. The molecule has 1 aromatic carbocycles. The molecule has 0 amide bonds. The summed E-state index contributed by atoms with van der Waals surface area (Å²) in [5, 5.41) is 27.4. The first-order chi connectivity index (χ1) is 16.9. The van der Waals surface area contributed by atoms with Crippen molar-refractivity contribution in [3.05, 3.63) is 59.0 Å². The van der Waals surface area contributed by atoms with Crippen LogP contribution in [-0.2, 0) is 17.7 Å². The van der Waals surface area contributed by atoms with Crippen LogP contribution in [0.15, 0.2) is 52.6 Å². The van der Waals surface area contributed by atoms with Crippen molar-refractivity contribution < 1.29 is 9.13 Å². The minimum absolute atomic E-state index is 0.0365. The second kappa shape index (κ2) is 9.35. The predicted octanol–water partition coefficient (Wildman–Crippen LogP) is 3.94. The Hall–Kier alpha value is -3.97. The highest BCUT2D eigenvalue weighted by Gasteiger charge is 2.31. The fourth-order valence-electron chi connectivity index (χ4n) is 4.38. The van der Waals surface area contributed by atoms with Gasteiger partial charge in [0.1, 0.15) is 29.3 Å². The van der Waals surface area contributed by atoms with Gasteiger partial charge in [0.05, 0.1) is 17.4 Å². The van der Waals surface area contributed by atoms with Gasteiger partial charge in [0.15, 0.2) is 12.4 Å². The van der Waals surface area contributed by atoms with E-state index in [0.717, 1.165) is 34.9 Å². The monoisotopic (exact) mass is 474 g/mol. The van der Waals surface area contributed by atoms with Gasteiger partial charge in [-0.1, -0.05) is 0 Å². The molecule has 0 bridgehead atoms. The number of fused-ring (bicyclic) bond motifs is 1. The Bertz CT molecular complexity index is 1280. The van der Waals surface area contributed by atoms with E-state index < -0.39 is 0 Å². The van der Waals surface area contributed by atoms with Crippen LogP contribution in [0.25, 0.3) is 11.3 Å². The van der Waals surface area contributed by atoms with Crippen molar-refractivity contribution in [1.82, 2.24) is 20.2 Å². The van der Waals surface area contributed by atoms with E-state index in [0.29, 0.717) is 23.9 Å². The maximum atomic E-state index is 13.6. The molecule has 3 heterocycles. The van der Waals surface area contributed by atoms with Crippen LogP contribution in [0.3, 0.4) is 0 Å². The largest absolute Gasteiger partial charge is 0.479 e. The van der Waals surface area contributed by atoms with Gasteiger partial charge in [0.2, 0.25) is 0 Å². The molecule has 0 spiro atoms. The standard InChI is InChI=1S/C25H27FN8O/c1-15-24(35-12-10-27)16(2)34(31-15)22-13-21(28)30-25-20(9-11-29-22)23(18-5-7-19(26)8-6-18)32-33(25)14-17-3-4-17/h5-8,11,13,15,17,31H,3-4,9,12,14H2,1-2H3,(H2,28,30)/b22-13+,29-11-. The zero-order valence-corrected chi connectivity index (χ0v) is 19.7. The van der Waals surface area contributed by atoms with Crippen LogP contribution in [0, 0.1) is 28.5 Å². The summed E-state index contributed by atoms with van der Waals surface area (Å²) in [4.78, 5) is 4.67. The SMILES string of the molecule is CC1=C(OCC#N)C(C)NN1C1=C/C(=N)Nc2c(c(-c3ccc(F)cc3)nn2CC2CC2)C/C=N\1. The van der Waals surface area contributed by atoms with Crippen molar-refractivity contribution in [2.75, 3.05) is 11.9 Å². The first-order valence-corrected chi connectivity index (χ1v) is 11.7. The molecular formula is C25H27FN8O. The number of hydrazine groups is 1. The first kappa shape index (κ1) is 22.8. The number of aliphatic imine (C=N–C) groups is 1. The van der Waals surface area contributed by atoms with Crippen LogP contribution >= 0.6 is 0 Å². The third-order valence-electron chi connectivity index (χ3n) is 6.27. The number of hydrogen-bond donors (Lipinski definition) is 3. The molecule has 1 unspecified atom stereocenters. The van der Waals surface area contributed by atoms with Gasteiger partial charge in [0, 0.05) is 36.4 Å². The van der Waals surface area contributed by atoms with Gasteiger partial charge >= 0.3 is 0 Å². The Morgan fingerprint density at radius 1 is 1.29 bits per heavy atom. The van der Waals surface area contributed by atoms with Crippen LogP contribution in [0.1, 0.15) is 32.3 Å². The molecule has 5 rings (SSSR count). The van der Waals surface area contributed by atoms with Crippen molar-refractivity contribution in [2.45, 2.75) is 45.7 Å². The average molecular weight is 475 g/mol. The van der Waals surface area contributed by atoms with Crippen LogP contribution < -0.4 is 10.7 Å². The molecule has 9 nitrogen and oxygen atoms in total. The fourth-order valence-corrected chi connectivity index (χ4v) is 4.38. The van der Waals surface area contributed by atoms with Gasteiger partial charge in [-0.15, -0.1) is 0 Å². The van der Waals surface area contributed by atoms with Crippen molar-refractivity contribution in [2.24, 2.45) is 10.9 Å². The molecule has 1 saturated carbocycles. The second-order valence-corrected chi connectivity index (χ2v) is 8.95. The third kappa shape index (κ3) is 4.68. The smallest absolute Gasteiger partial charge is 0.174 e. The van der Waals surface area contributed by atoms with Crippen molar-refractivity contribution in [3.63, 3.8) is 0 Å². The van der Waals surface area contributed by atoms with E-state index in [-0.39, 0.29) is 24.3 Å². The Balaban J connectivity index is 1.50. The number of benzene rings is 1. The van der Waals surface area contributed by atoms with Gasteiger partial charge < -0.3 is 10.1 Å². The molecule has 1 atom stereocenters. The molecule has 10 heteroatoms. The molecule has 2 aliphatic heterocycles. The van der Waals surface area contributed by atoms with E-state index in [2.05, 4.69) is 15.7 Å².